The Morgan fingerprint density at radius 2 is 1.92 bits per heavy atom. The Bertz CT molecular complexity index is 1280. The lowest BCUT2D eigenvalue weighted by atomic mass is 9.91. The highest BCUT2D eigenvalue weighted by atomic mass is 16.5. The van der Waals surface area contributed by atoms with Crippen molar-refractivity contribution in [3.8, 4) is 0 Å². The second kappa shape index (κ2) is 9.55. The molecule has 0 aliphatic carbocycles. The van der Waals surface area contributed by atoms with Gasteiger partial charge in [-0.3, -0.25) is 0 Å². The summed E-state index contributed by atoms with van der Waals surface area (Å²) >= 11 is 0. The first-order valence-electron chi connectivity index (χ1n) is 13.4. The summed E-state index contributed by atoms with van der Waals surface area (Å²) in [7, 11) is 0. The van der Waals surface area contributed by atoms with Crippen molar-refractivity contribution in [1.29, 1.82) is 0 Å². The molecule has 2 fully saturated rings. The van der Waals surface area contributed by atoms with Gasteiger partial charge in [-0.15, -0.1) is 0 Å². The maximum absolute atomic E-state index is 6.07. The van der Waals surface area contributed by atoms with Crippen LogP contribution in [-0.2, 0) is 22.4 Å². The van der Waals surface area contributed by atoms with Gasteiger partial charge in [0.2, 0.25) is 5.95 Å². The molecule has 4 aliphatic heterocycles. The summed E-state index contributed by atoms with van der Waals surface area (Å²) in [5.74, 6) is 2.75. The molecule has 3 atom stereocenters. The predicted octanol–water partition coefficient (Wildman–Crippen LogP) is 3.51. The Morgan fingerprint density at radius 3 is 2.78 bits per heavy atom. The van der Waals surface area contributed by atoms with E-state index in [9.17, 15) is 0 Å². The number of aromatic nitrogens is 3. The van der Waals surface area contributed by atoms with Crippen molar-refractivity contribution in [3.05, 3.63) is 59.4 Å². The van der Waals surface area contributed by atoms with Crippen molar-refractivity contribution in [2.45, 2.75) is 44.4 Å². The molecule has 4 aliphatic rings. The van der Waals surface area contributed by atoms with Gasteiger partial charge in [-0.25, -0.2) is 9.97 Å². The number of pyridine rings is 1. The van der Waals surface area contributed by atoms with E-state index in [-0.39, 0.29) is 18.1 Å². The van der Waals surface area contributed by atoms with E-state index < -0.39 is 0 Å². The van der Waals surface area contributed by atoms with Crippen molar-refractivity contribution in [2.24, 2.45) is 0 Å². The lowest BCUT2D eigenvalue weighted by molar-refractivity contribution is 0.00949. The summed E-state index contributed by atoms with van der Waals surface area (Å²) in [5.41, 5.74) is 5.80. The van der Waals surface area contributed by atoms with Crippen LogP contribution in [0, 0.1) is 0 Å². The highest BCUT2D eigenvalue weighted by molar-refractivity contribution is 5.69. The van der Waals surface area contributed by atoms with E-state index in [1.54, 1.807) is 0 Å². The SMILES string of the molecule is CC1C[C@@H]2C(CO1)c1cnc(Nc3ccc(N4CCOCC4)cc3)nc1N2c1ccc2c(n1)CCNC2. The van der Waals surface area contributed by atoms with E-state index in [0.29, 0.717) is 12.6 Å². The molecule has 3 aromatic rings. The van der Waals surface area contributed by atoms with Crippen LogP contribution < -0.4 is 20.4 Å². The molecule has 0 saturated carbocycles. The van der Waals surface area contributed by atoms with Crippen LogP contribution in [0.1, 0.15) is 36.1 Å². The first-order chi connectivity index (χ1) is 18.2. The number of hydrogen-bond donors (Lipinski definition) is 2. The monoisotopic (exact) mass is 499 g/mol. The lowest BCUT2D eigenvalue weighted by Gasteiger charge is -2.35. The van der Waals surface area contributed by atoms with Crippen molar-refractivity contribution in [3.63, 3.8) is 0 Å². The third-order valence-electron chi connectivity index (χ3n) is 8.01. The van der Waals surface area contributed by atoms with Crippen molar-refractivity contribution in [2.75, 3.05) is 54.6 Å². The van der Waals surface area contributed by atoms with Crippen molar-refractivity contribution >= 4 is 29.0 Å². The molecule has 0 amide bonds. The lowest BCUT2D eigenvalue weighted by Crippen LogP contribution is -2.40. The minimum atomic E-state index is 0.204. The number of ether oxygens (including phenoxy) is 2. The summed E-state index contributed by atoms with van der Waals surface area (Å²) < 4.78 is 11.6. The zero-order chi connectivity index (χ0) is 24.8. The fourth-order valence-corrected chi connectivity index (χ4v) is 6.03. The first-order valence-corrected chi connectivity index (χ1v) is 13.4. The maximum atomic E-state index is 6.07. The summed E-state index contributed by atoms with van der Waals surface area (Å²) in [6.07, 6.45) is 4.07. The number of fused-ring (bicyclic) bond motifs is 4. The van der Waals surface area contributed by atoms with Crippen LogP contribution in [-0.4, -0.2) is 66.6 Å². The molecule has 0 bridgehead atoms. The number of nitrogens with one attached hydrogen (secondary N) is 2. The predicted molar refractivity (Wildman–Crippen MR) is 143 cm³/mol. The fourth-order valence-electron chi connectivity index (χ4n) is 6.03. The molecule has 9 heteroatoms. The first kappa shape index (κ1) is 22.9. The Kier molecular flexibility index (Phi) is 5.91. The smallest absolute Gasteiger partial charge is 0.229 e. The van der Waals surface area contributed by atoms with Gasteiger partial charge < -0.3 is 29.9 Å². The molecule has 7 rings (SSSR count). The molecule has 0 radical (unpaired) electrons. The average molecular weight is 500 g/mol. The Labute approximate surface area is 217 Å². The molecule has 1 aromatic carbocycles. The van der Waals surface area contributed by atoms with Gasteiger partial charge in [0.1, 0.15) is 11.6 Å². The number of rotatable bonds is 4. The van der Waals surface area contributed by atoms with Crippen LogP contribution in [0.15, 0.2) is 42.6 Å². The van der Waals surface area contributed by atoms with E-state index in [2.05, 4.69) is 63.8 Å². The van der Waals surface area contributed by atoms with Gasteiger partial charge in [0, 0.05) is 73.4 Å². The summed E-state index contributed by atoms with van der Waals surface area (Å²) in [5, 5.41) is 6.87. The number of benzene rings is 1. The van der Waals surface area contributed by atoms with E-state index in [4.69, 9.17) is 24.4 Å². The van der Waals surface area contributed by atoms with Gasteiger partial charge in [0.25, 0.3) is 0 Å². The molecule has 2 saturated heterocycles. The summed E-state index contributed by atoms with van der Waals surface area (Å²) in [4.78, 5) is 19.6. The quantitative estimate of drug-likeness (QED) is 0.560. The van der Waals surface area contributed by atoms with Crippen LogP contribution in [0.4, 0.5) is 29.0 Å². The van der Waals surface area contributed by atoms with E-state index in [1.165, 1.54) is 16.9 Å². The molecule has 9 nitrogen and oxygen atoms in total. The second-order valence-corrected chi connectivity index (χ2v) is 10.4. The van der Waals surface area contributed by atoms with Gasteiger partial charge in [-0.05, 0) is 49.2 Å². The highest BCUT2D eigenvalue weighted by Gasteiger charge is 2.45. The molecule has 2 N–H and O–H groups in total. The topological polar surface area (TPSA) is 87.7 Å². The minimum Gasteiger partial charge on any atom is -0.378 e. The Morgan fingerprint density at radius 1 is 1.05 bits per heavy atom. The second-order valence-electron chi connectivity index (χ2n) is 10.4. The molecule has 6 heterocycles. The Balaban J connectivity index is 1.19. The maximum Gasteiger partial charge on any atom is 0.229 e. The van der Waals surface area contributed by atoms with Crippen LogP contribution >= 0.6 is 0 Å². The third-order valence-corrected chi connectivity index (χ3v) is 8.01. The van der Waals surface area contributed by atoms with E-state index in [0.717, 1.165) is 75.1 Å². The zero-order valence-electron chi connectivity index (χ0n) is 21.2. The van der Waals surface area contributed by atoms with Crippen molar-refractivity contribution < 1.29 is 9.47 Å². The number of hydrogen-bond acceptors (Lipinski definition) is 9. The Hall–Kier alpha value is -3.27. The van der Waals surface area contributed by atoms with E-state index >= 15 is 0 Å². The molecular formula is C28H33N7O2. The number of nitrogens with zero attached hydrogens (tertiary/aromatic N) is 5. The molecular weight excluding hydrogens is 466 g/mol. The number of anilines is 5. The average Bonchev–Trinajstić information content (AvgIpc) is 3.26. The van der Waals surface area contributed by atoms with Crippen LogP contribution in [0.3, 0.4) is 0 Å². The van der Waals surface area contributed by atoms with Crippen LogP contribution in [0.2, 0.25) is 0 Å². The molecule has 37 heavy (non-hydrogen) atoms. The normalized spacial score (nSPS) is 24.8. The van der Waals surface area contributed by atoms with Gasteiger partial charge in [-0.2, -0.15) is 4.98 Å². The molecule has 2 unspecified atom stereocenters. The van der Waals surface area contributed by atoms with Gasteiger partial charge in [-0.1, -0.05) is 6.07 Å². The zero-order valence-corrected chi connectivity index (χ0v) is 21.2. The van der Waals surface area contributed by atoms with E-state index in [1.807, 2.05) is 6.20 Å². The van der Waals surface area contributed by atoms with Gasteiger partial charge in [0.05, 0.1) is 25.9 Å². The molecule has 2 aromatic heterocycles. The minimum absolute atomic E-state index is 0.204. The third kappa shape index (κ3) is 4.31. The van der Waals surface area contributed by atoms with Gasteiger partial charge >= 0.3 is 0 Å². The summed E-state index contributed by atoms with van der Waals surface area (Å²) in [6, 6.07) is 13.1. The fraction of sp³-hybridized carbons (Fsp3) is 0.464. The standard InChI is InChI=1S/C28H33N7O2/c1-18-14-25-23(17-37-18)22-16-30-28(31-20-3-5-21(6-4-20)34-10-12-36-13-11-34)33-27(22)35(25)26-7-2-19-15-29-9-8-24(19)32-26/h2-7,16,18,23,25,29H,8-15,17H2,1H3,(H,30,31,33)/t18?,23?,25-/m1/s1. The largest absolute Gasteiger partial charge is 0.378 e. The van der Waals surface area contributed by atoms with Crippen molar-refractivity contribution in [1.82, 2.24) is 20.3 Å². The van der Waals surface area contributed by atoms with Crippen LogP contribution in [0.5, 0.6) is 0 Å². The number of morpholine rings is 1. The highest BCUT2D eigenvalue weighted by Crippen LogP contribution is 2.47. The summed E-state index contributed by atoms with van der Waals surface area (Å²) in [6.45, 7) is 8.10. The van der Waals surface area contributed by atoms with Crippen LogP contribution in [0.25, 0.3) is 0 Å². The van der Waals surface area contributed by atoms with Gasteiger partial charge in [0.15, 0.2) is 0 Å². The molecule has 0 spiro atoms. The molecule has 192 valence electrons.